The number of nitrogens with zero attached hydrogens (tertiary/aromatic N) is 2. The number of hydrogen-bond donors (Lipinski definition) is 3. The van der Waals surface area contributed by atoms with E-state index in [2.05, 4.69) is 25.9 Å². The van der Waals surface area contributed by atoms with Crippen LogP contribution in [-0.4, -0.2) is 36.5 Å². The van der Waals surface area contributed by atoms with Crippen LogP contribution in [-0.2, 0) is 4.79 Å². The molecule has 18 heavy (non-hydrogen) atoms. The zero-order chi connectivity index (χ0) is 13.7. The summed E-state index contributed by atoms with van der Waals surface area (Å²) in [5, 5.41) is 8.63. The molecule has 0 aliphatic carbocycles. The molecule has 0 saturated heterocycles. The first kappa shape index (κ1) is 14.2. The Morgan fingerprint density at radius 1 is 1.22 bits per heavy atom. The van der Waals surface area contributed by atoms with Crippen LogP contribution >= 0.6 is 0 Å². The van der Waals surface area contributed by atoms with Gasteiger partial charge < -0.3 is 16.0 Å². The lowest BCUT2D eigenvalue weighted by Crippen LogP contribution is -2.27. The van der Waals surface area contributed by atoms with Crippen molar-refractivity contribution in [2.24, 2.45) is 0 Å². The summed E-state index contributed by atoms with van der Waals surface area (Å²) in [7, 11) is 3.43. The number of anilines is 2. The minimum Gasteiger partial charge on any atom is -0.373 e. The highest BCUT2D eigenvalue weighted by Crippen LogP contribution is 2.22. The molecule has 1 amide bonds. The number of carbonyl (C=O) groups is 1. The first-order valence-electron chi connectivity index (χ1n) is 6.00. The van der Waals surface area contributed by atoms with E-state index >= 15 is 0 Å². The number of nitrogens with one attached hydrogen (secondary N) is 3. The molecule has 1 aromatic rings. The van der Waals surface area contributed by atoms with Gasteiger partial charge in [-0.2, -0.15) is 0 Å². The molecule has 100 valence electrons. The average Bonchev–Trinajstić information content (AvgIpc) is 2.36. The van der Waals surface area contributed by atoms with Gasteiger partial charge >= 0.3 is 0 Å². The summed E-state index contributed by atoms with van der Waals surface area (Å²) in [6, 6.07) is 0. The van der Waals surface area contributed by atoms with E-state index in [-0.39, 0.29) is 18.4 Å². The van der Waals surface area contributed by atoms with E-state index in [1.165, 1.54) is 0 Å². The fourth-order valence-electron chi connectivity index (χ4n) is 1.46. The first-order valence-corrected chi connectivity index (χ1v) is 6.00. The van der Waals surface area contributed by atoms with Crippen molar-refractivity contribution in [1.29, 1.82) is 0 Å². The normalized spacial score (nSPS) is 10.3. The number of aromatic nitrogens is 2. The Labute approximate surface area is 108 Å². The van der Waals surface area contributed by atoms with Crippen molar-refractivity contribution >= 4 is 17.5 Å². The Hall–Kier alpha value is -1.85. The fourth-order valence-corrected chi connectivity index (χ4v) is 1.46. The van der Waals surface area contributed by atoms with Crippen LogP contribution in [0.5, 0.6) is 0 Å². The fraction of sp³-hybridized carbons (Fsp3) is 0.583. The van der Waals surface area contributed by atoms with Gasteiger partial charge in [0.2, 0.25) is 5.91 Å². The summed E-state index contributed by atoms with van der Waals surface area (Å²) in [6.45, 7) is 6.19. The number of rotatable bonds is 5. The number of carbonyl (C=O) groups excluding carboxylic acids is 1. The molecule has 0 radical (unpaired) electrons. The third kappa shape index (κ3) is 3.32. The van der Waals surface area contributed by atoms with Gasteiger partial charge in [0, 0.05) is 25.6 Å². The van der Waals surface area contributed by atoms with Crippen LogP contribution in [0.2, 0.25) is 0 Å². The van der Waals surface area contributed by atoms with Crippen LogP contribution in [0.25, 0.3) is 0 Å². The highest BCUT2D eigenvalue weighted by Gasteiger charge is 2.12. The highest BCUT2D eigenvalue weighted by molar-refractivity contribution is 5.80. The SMILES string of the molecule is CNC(=O)CNc1nc(C(C)C)nc(NC)c1C. The molecule has 6 nitrogen and oxygen atoms in total. The molecular weight excluding hydrogens is 230 g/mol. The van der Waals surface area contributed by atoms with Crippen molar-refractivity contribution in [3.8, 4) is 0 Å². The predicted octanol–water partition coefficient (Wildman–Crippen LogP) is 1.11. The molecule has 0 aromatic carbocycles. The van der Waals surface area contributed by atoms with Crippen molar-refractivity contribution in [2.75, 3.05) is 31.3 Å². The Morgan fingerprint density at radius 3 is 2.33 bits per heavy atom. The second-order valence-electron chi connectivity index (χ2n) is 4.34. The Balaban J connectivity index is 3.01. The molecule has 6 heteroatoms. The quantitative estimate of drug-likeness (QED) is 0.730. The van der Waals surface area contributed by atoms with Gasteiger partial charge in [-0.3, -0.25) is 4.79 Å². The van der Waals surface area contributed by atoms with Crippen LogP contribution in [0.15, 0.2) is 0 Å². The molecular formula is C12H21N5O. The maximum atomic E-state index is 11.2. The van der Waals surface area contributed by atoms with Gasteiger partial charge in [-0.25, -0.2) is 9.97 Å². The smallest absolute Gasteiger partial charge is 0.239 e. The summed E-state index contributed by atoms with van der Waals surface area (Å²) in [5.74, 6) is 2.39. The first-order chi connectivity index (χ1) is 8.49. The topological polar surface area (TPSA) is 78.9 Å². The maximum absolute atomic E-state index is 11.2. The lowest BCUT2D eigenvalue weighted by molar-refractivity contribution is -0.118. The highest BCUT2D eigenvalue weighted by atomic mass is 16.1. The molecule has 0 bridgehead atoms. The summed E-state index contributed by atoms with van der Waals surface area (Å²) in [5.41, 5.74) is 0.908. The number of likely N-dealkylation sites (N-methyl/N-ethyl adjacent to an activating group) is 1. The Bertz CT molecular complexity index is 431. The third-order valence-corrected chi connectivity index (χ3v) is 2.61. The van der Waals surface area contributed by atoms with Gasteiger partial charge in [-0.15, -0.1) is 0 Å². The second kappa shape index (κ2) is 6.18. The summed E-state index contributed by atoms with van der Waals surface area (Å²) in [6.07, 6.45) is 0. The molecule has 1 aromatic heterocycles. The van der Waals surface area contributed by atoms with E-state index in [0.717, 1.165) is 17.2 Å². The van der Waals surface area contributed by atoms with Crippen LogP contribution in [0.1, 0.15) is 31.2 Å². The standard InChI is InChI=1S/C12H21N5O/c1-7(2)10-16-11(14-5)8(3)12(17-10)15-6-9(18)13-4/h7H,6H2,1-5H3,(H,13,18)(H2,14,15,16,17). The maximum Gasteiger partial charge on any atom is 0.239 e. The Kier molecular flexibility index (Phi) is 4.88. The lowest BCUT2D eigenvalue weighted by Gasteiger charge is -2.14. The molecule has 0 aliphatic rings. The molecule has 0 unspecified atom stereocenters. The zero-order valence-electron chi connectivity index (χ0n) is 11.6. The van der Waals surface area contributed by atoms with Gasteiger partial charge in [-0.1, -0.05) is 13.8 Å². The summed E-state index contributed by atoms with van der Waals surface area (Å²) >= 11 is 0. The zero-order valence-corrected chi connectivity index (χ0v) is 11.6. The molecule has 0 saturated carbocycles. The minimum atomic E-state index is -0.0786. The van der Waals surface area contributed by atoms with E-state index < -0.39 is 0 Å². The van der Waals surface area contributed by atoms with Gasteiger partial charge in [0.1, 0.15) is 17.5 Å². The van der Waals surface area contributed by atoms with E-state index in [9.17, 15) is 4.79 Å². The second-order valence-corrected chi connectivity index (χ2v) is 4.34. The molecule has 1 heterocycles. The van der Waals surface area contributed by atoms with Crippen molar-refractivity contribution in [3.63, 3.8) is 0 Å². The molecule has 0 atom stereocenters. The van der Waals surface area contributed by atoms with E-state index in [1.54, 1.807) is 7.05 Å². The number of hydrogen-bond acceptors (Lipinski definition) is 5. The van der Waals surface area contributed by atoms with Crippen LogP contribution in [0.3, 0.4) is 0 Å². The summed E-state index contributed by atoms with van der Waals surface area (Å²) < 4.78 is 0. The van der Waals surface area contributed by atoms with Crippen molar-refractivity contribution in [3.05, 3.63) is 11.4 Å². The third-order valence-electron chi connectivity index (χ3n) is 2.61. The van der Waals surface area contributed by atoms with E-state index in [1.807, 2.05) is 27.8 Å². The number of amides is 1. The minimum absolute atomic E-state index is 0.0786. The molecule has 0 fully saturated rings. The predicted molar refractivity (Wildman–Crippen MR) is 73.0 cm³/mol. The van der Waals surface area contributed by atoms with Crippen molar-refractivity contribution in [1.82, 2.24) is 15.3 Å². The van der Waals surface area contributed by atoms with Crippen molar-refractivity contribution in [2.45, 2.75) is 26.7 Å². The summed E-state index contributed by atoms with van der Waals surface area (Å²) in [4.78, 5) is 20.1. The Morgan fingerprint density at radius 2 is 1.83 bits per heavy atom. The van der Waals surface area contributed by atoms with Crippen LogP contribution in [0.4, 0.5) is 11.6 Å². The van der Waals surface area contributed by atoms with Gasteiger partial charge in [-0.05, 0) is 6.92 Å². The molecule has 1 rings (SSSR count). The van der Waals surface area contributed by atoms with Crippen LogP contribution in [0, 0.1) is 6.92 Å². The average molecular weight is 251 g/mol. The lowest BCUT2D eigenvalue weighted by atomic mass is 10.2. The van der Waals surface area contributed by atoms with Gasteiger partial charge in [0.15, 0.2) is 0 Å². The largest absolute Gasteiger partial charge is 0.373 e. The van der Waals surface area contributed by atoms with E-state index in [4.69, 9.17) is 0 Å². The monoisotopic (exact) mass is 251 g/mol. The van der Waals surface area contributed by atoms with E-state index in [0.29, 0.717) is 5.82 Å². The van der Waals surface area contributed by atoms with Crippen LogP contribution < -0.4 is 16.0 Å². The molecule has 0 aliphatic heterocycles. The molecule has 0 spiro atoms. The molecule has 3 N–H and O–H groups in total. The van der Waals surface area contributed by atoms with Crippen molar-refractivity contribution < 1.29 is 4.79 Å². The van der Waals surface area contributed by atoms with Gasteiger partial charge in [0.25, 0.3) is 0 Å². The van der Waals surface area contributed by atoms with Gasteiger partial charge in [0.05, 0.1) is 6.54 Å².